The second-order valence-corrected chi connectivity index (χ2v) is 6.14. The summed E-state index contributed by atoms with van der Waals surface area (Å²) in [7, 11) is 1.61. The van der Waals surface area contributed by atoms with Crippen LogP contribution in [0.1, 0.15) is 28.8 Å². The molecule has 0 bridgehead atoms. The zero-order valence-electron chi connectivity index (χ0n) is 14.7. The molecule has 1 aromatic rings. The average molecular weight is 362 g/mol. The highest BCUT2D eigenvalue weighted by Crippen LogP contribution is 2.33. The van der Waals surface area contributed by atoms with Crippen LogP contribution < -0.4 is 10.1 Å². The van der Waals surface area contributed by atoms with Crippen molar-refractivity contribution in [2.24, 2.45) is 0 Å². The second-order valence-electron chi connectivity index (χ2n) is 6.14. The number of nitrogens with one attached hydrogen (secondary N) is 1. The third-order valence-corrected chi connectivity index (χ3v) is 4.46. The van der Waals surface area contributed by atoms with Crippen LogP contribution in [0.25, 0.3) is 0 Å². The van der Waals surface area contributed by atoms with E-state index >= 15 is 0 Å². The third-order valence-electron chi connectivity index (χ3n) is 4.46. The highest BCUT2D eigenvalue weighted by Gasteiger charge is 2.40. The van der Waals surface area contributed by atoms with Gasteiger partial charge < -0.3 is 19.1 Å². The van der Waals surface area contributed by atoms with Crippen LogP contribution >= 0.6 is 0 Å². The molecular weight excluding hydrogens is 340 g/mol. The number of piperidine rings is 1. The van der Waals surface area contributed by atoms with Crippen molar-refractivity contribution in [1.82, 2.24) is 10.2 Å². The van der Waals surface area contributed by atoms with E-state index in [2.05, 4.69) is 5.32 Å². The normalized spacial score (nSPS) is 19.5. The molecule has 1 N–H and O–H groups in total. The lowest BCUT2D eigenvalue weighted by Gasteiger charge is -2.29. The molecule has 2 aliphatic heterocycles. The maximum Gasteiger partial charge on any atom is 0.255 e. The third kappa shape index (κ3) is 3.86. The fourth-order valence-corrected chi connectivity index (χ4v) is 3.15. The minimum atomic E-state index is -0.627. The Morgan fingerprint density at radius 1 is 1.15 bits per heavy atom. The summed E-state index contributed by atoms with van der Waals surface area (Å²) in [5.74, 6) is -0.318. The molecule has 0 radical (unpaired) electrons. The number of hydrogen-bond acceptors (Lipinski definition) is 6. The molecule has 1 atom stereocenters. The van der Waals surface area contributed by atoms with Crippen molar-refractivity contribution < 1.29 is 28.6 Å². The Bertz CT molecular complexity index is 705. The Morgan fingerprint density at radius 3 is 2.73 bits per heavy atom. The highest BCUT2D eigenvalue weighted by molar-refractivity contribution is 6.05. The molecule has 26 heavy (non-hydrogen) atoms. The van der Waals surface area contributed by atoms with Gasteiger partial charge in [0.25, 0.3) is 5.91 Å². The van der Waals surface area contributed by atoms with Crippen LogP contribution in [0.4, 0.5) is 0 Å². The summed E-state index contributed by atoms with van der Waals surface area (Å²) >= 11 is 0. The van der Waals surface area contributed by atoms with E-state index in [1.54, 1.807) is 25.3 Å². The number of ether oxygens (including phenoxy) is 3. The fraction of sp³-hybridized carbons (Fsp3) is 0.500. The number of methoxy groups -OCH3 is 1. The van der Waals surface area contributed by atoms with E-state index in [0.29, 0.717) is 50.7 Å². The van der Waals surface area contributed by atoms with Gasteiger partial charge in [0.15, 0.2) is 0 Å². The van der Waals surface area contributed by atoms with Crippen molar-refractivity contribution in [2.45, 2.75) is 25.4 Å². The summed E-state index contributed by atoms with van der Waals surface area (Å²) in [6.07, 6.45) is 0.576. The summed E-state index contributed by atoms with van der Waals surface area (Å²) in [5, 5.41) is 2.30. The molecule has 140 valence electrons. The summed E-state index contributed by atoms with van der Waals surface area (Å²) in [6, 6.07) is 4.66. The van der Waals surface area contributed by atoms with Gasteiger partial charge in [-0.15, -0.1) is 0 Å². The van der Waals surface area contributed by atoms with E-state index in [1.807, 2.05) is 0 Å². The number of fused-ring (bicyclic) bond motifs is 1. The van der Waals surface area contributed by atoms with E-state index in [-0.39, 0.29) is 18.2 Å². The fourth-order valence-electron chi connectivity index (χ4n) is 3.15. The number of benzene rings is 1. The molecule has 0 saturated carbocycles. The van der Waals surface area contributed by atoms with Crippen LogP contribution in [-0.4, -0.2) is 62.2 Å². The first kappa shape index (κ1) is 18.3. The van der Waals surface area contributed by atoms with Crippen LogP contribution in [-0.2, 0) is 25.6 Å². The van der Waals surface area contributed by atoms with E-state index in [4.69, 9.17) is 14.2 Å². The molecule has 3 rings (SSSR count). The quantitative estimate of drug-likeness (QED) is 0.534. The van der Waals surface area contributed by atoms with Crippen LogP contribution in [0, 0.1) is 0 Å². The van der Waals surface area contributed by atoms with Gasteiger partial charge in [-0.1, -0.05) is 6.07 Å². The van der Waals surface area contributed by atoms with E-state index < -0.39 is 11.9 Å². The molecule has 3 amide bonds. The lowest BCUT2D eigenvalue weighted by Crippen LogP contribution is -2.52. The number of rotatable bonds is 8. The first-order chi connectivity index (χ1) is 12.6. The van der Waals surface area contributed by atoms with Gasteiger partial charge in [-0.2, -0.15) is 0 Å². The van der Waals surface area contributed by atoms with Crippen molar-refractivity contribution in [3.63, 3.8) is 0 Å². The largest absolute Gasteiger partial charge is 0.491 e. The zero-order valence-corrected chi connectivity index (χ0v) is 14.7. The van der Waals surface area contributed by atoms with Crippen LogP contribution in [0.2, 0.25) is 0 Å². The van der Waals surface area contributed by atoms with Crippen molar-refractivity contribution in [2.75, 3.05) is 33.5 Å². The van der Waals surface area contributed by atoms with Crippen LogP contribution in [0.5, 0.6) is 5.75 Å². The Kier molecular flexibility index (Phi) is 5.85. The van der Waals surface area contributed by atoms with Crippen molar-refractivity contribution in [3.05, 3.63) is 29.3 Å². The van der Waals surface area contributed by atoms with Gasteiger partial charge in [0, 0.05) is 24.7 Å². The minimum absolute atomic E-state index is 0.212. The predicted molar refractivity (Wildman–Crippen MR) is 90.7 cm³/mol. The van der Waals surface area contributed by atoms with Crippen molar-refractivity contribution in [3.8, 4) is 5.75 Å². The summed E-state index contributed by atoms with van der Waals surface area (Å²) < 4.78 is 16.0. The van der Waals surface area contributed by atoms with Crippen LogP contribution in [0.3, 0.4) is 0 Å². The number of hydrogen-bond donors (Lipinski definition) is 1. The van der Waals surface area contributed by atoms with E-state index in [1.165, 1.54) is 4.90 Å². The lowest BCUT2D eigenvalue weighted by molar-refractivity contribution is -0.136. The minimum Gasteiger partial charge on any atom is -0.491 e. The maximum absolute atomic E-state index is 12.7. The molecule has 0 aliphatic carbocycles. The standard InChI is InChI=1S/C18H22N2O6/c1-24-7-8-25-9-10-26-15-4-2-3-12-13(15)11-20(18(12)23)14-5-6-16(21)19-17(14)22/h2-4,14H,5-11H2,1H3,(H,19,21,22). The molecule has 8 nitrogen and oxygen atoms in total. The molecule has 1 aromatic carbocycles. The Hall–Kier alpha value is -2.45. The number of amides is 3. The van der Waals surface area contributed by atoms with E-state index in [9.17, 15) is 14.4 Å². The molecule has 2 aliphatic rings. The maximum atomic E-state index is 12.7. The average Bonchev–Trinajstić information content (AvgIpc) is 2.96. The highest BCUT2D eigenvalue weighted by atomic mass is 16.5. The second kappa shape index (κ2) is 8.29. The van der Waals surface area contributed by atoms with Crippen LogP contribution in [0.15, 0.2) is 18.2 Å². The molecular formula is C18H22N2O6. The Morgan fingerprint density at radius 2 is 1.96 bits per heavy atom. The number of carbonyl (C=O) groups is 3. The zero-order chi connectivity index (χ0) is 18.5. The first-order valence-corrected chi connectivity index (χ1v) is 8.58. The SMILES string of the molecule is COCCOCCOc1cccc2c1CN(C1CCC(=O)NC1=O)C2=O. The Labute approximate surface area is 151 Å². The molecule has 0 spiro atoms. The molecule has 8 heteroatoms. The van der Waals surface area contributed by atoms with Crippen molar-refractivity contribution in [1.29, 1.82) is 0 Å². The Balaban J connectivity index is 1.64. The number of carbonyl (C=O) groups excluding carboxylic acids is 3. The summed E-state index contributed by atoms with van der Waals surface area (Å²) in [4.78, 5) is 37.6. The lowest BCUT2D eigenvalue weighted by atomic mass is 10.0. The van der Waals surface area contributed by atoms with Gasteiger partial charge in [0.05, 0.1) is 26.4 Å². The predicted octanol–water partition coefficient (Wildman–Crippen LogP) is 0.489. The smallest absolute Gasteiger partial charge is 0.255 e. The summed E-state index contributed by atoms with van der Waals surface area (Å²) in [6.45, 7) is 2.08. The number of nitrogens with zero attached hydrogens (tertiary/aromatic N) is 1. The molecule has 1 saturated heterocycles. The monoisotopic (exact) mass is 362 g/mol. The van der Waals surface area contributed by atoms with Gasteiger partial charge in [-0.05, 0) is 18.6 Å². The van der Waals surface area contributed by atoms with Gasteiger partial charge in [0.2, 0.25) is 11.8 Å². The van der Waals surface area contributed by atoms with E-state index in [0.717, 1.165) is 5.56 Å². The summed E-state index contributed by atoms with van der Waals surface area (Å²) in [5.41, 5.74) is 1.30. The molecule has 1 fully saturated rings. The topological polar surface area (TPSA) is 94.2 Å². The van der Waals surface area contributed by atoms with Gasteiger partial charge in [-0.3, -0.25) is 19.7 Å². The number of imide groups is 1. The first-order valence-electron chi connectivity index (χ1n) is 8.58. The van der Waals surface area contributed by atoms with Gasteiger partial charge in [-0.25, -0.2) is 0 Å². The molecule has 2 heterocycles. The van der Waals surface area contributed by atoms with Crippen molar-refractivity contribution >= 4 is 17.7 Å². The van der Waals surface area contributed by atoms with Gasteiger partial charge >= 0.3 is 0 Å². The molecule has 0 aromatic heterocycles. The molecule has 1 unspecified atom stereocenters. The van der Waals surface area contributed by atoms with Gasteiger partial charge in [0.1, 0.15) is 18.4 Å².